The molecule has 72 valence electrons. The van der Waals surface area contributed by atoms with Crippen molar-refractivity contribution >= 4 is 0 Å². The molecule has 1 aromatic rings. The summed E-state index contributed by atoms with van der Waals surface area (Å²) in [7, 11) is 1.79. The van der Waals surface area contributed by atoms with Crippen LogP contribution in [0.25, 0.3) is 0 Å². The van der Waals surface area contributed by atoms with Crippen LogP contribution in [0.4, 0.5) is 8.78 Å². The molecule has 0 aliphatic carbocycles. The largest absolute Gasteiger partial charge is 0.319 e. The van der Waals surface area contributed by atoms with Crippen LogP contribution in [0.15, 0.2) is 18.2 Å². The fourth-order valence-electron chi connectivity index (χ4n) is 1.31. The molecular weight excluding hydrogens is 172 g/mol. The van der Waals surface area contributed by atoms with Crippen LogP contribution in [0.2, 0.25) is 0 Å². The van der Waals surface area contributed by atoms with Gasteiger partial charge in [0.1, 0.15) is 11.6 Å². The average Bonchev–Trinajstić information content (AvgIpc) is 2.09. The molecule has 13 heavy (non-hydrogen) atoms. The molecule has 0 aliphatic heterocycles. The topological polar surface area (TPSA) is 12.0 Å². The van der Waals surface area contributed by atoms with E-state index in [1.807, 2.05) is 6.92 Å². The predicted octanol–water partition coefficient (Wildman–Crippen LogP) is 2.29. The first-order chi connectivity index (χ1) is 6.15. The Morgan fingerprint density at radius 2 is 2.08 bits per heavy atom. The second-order valence-corrected chi connectivity index (χ2v) is 3.12. The van der Waals surface area contributed by atoms with Crippen molar-refractivity contribution in [2.45, 2.75) is 12.8 Å². The molecule has 0 heterocycles. The van der Waals surface area contributed by atoms with Gasteiger partial charge in [0.15, 0.2) is 0 Å². The summed E-state index contributed by atoms with van der Waals surface area (Å²) in [6.45, 7) is 2.49. The number of rotatable bonds is 3. The van der Waals surface area contributed by atoms with E-state index < -0.39 is 0 Å². The minimum atomic E-state index is -0.389. The second-order valence-electron chi connectivity index (χ2n) is 3.12. The van der Waals surface area contributed by atoms with Crippen molar-refractivity contribution in [2.24, 2.45) is 0 Å². The highest BCUT2D eigenvalue weighted by molar-refractivity contribution is 5.22. The number of hydrogen-bond acceptors (Lipinski definition) is 1. The maximum absolute atomic E-state index is 13.1. The first kappa shape index (κ1) is 10.1. The van der Waals surface area contributed by atoms with E-state index in [-0.39, 0.29) is 17.6 Å². The minimum Gasteiger partial charge on any atom is -0.319 e. The van der Waals surface area contributed by atoms with E-state index in [1.165, 1.54) is 6.07 Å². The van der Waals surface area contributed by atoms with Crippen LogP contribution in [-0.2, 0) is 0 Å². The number of benzene rings is 1. The fourth-order valence-corrected chi connectivity index (χ4v) is 1.31. The zero-order valence-corrected chi connectivity index (χ0v) is 7.77. The van der Waals surface area contributed by atoms with Crippen LogP contribution in [0, 0.1) is 11.6 Å². The van der Waals surface area contributed by atoms with Gasteiger partial charge in [-0.15, -0.1) is 0 Å². The molecule has 1 rings (SSSR count). The van der Waals surface area contributed by atoms with Crippen molar-refractivity contribution in [2.75, 3.05) is 13.6 Å². The van der Waals surface area contributed by atoms with Gasteiger partial charge in [0.05, 0.1) is 0 Å². The standard InChI is InChI=1S/C10H13F2N/c1-7(6-13-2)9-5-8(11)3-4-10(9)12/h3-5,7,13H,6H2,1-2H3. The highest BCUT2D eigenvalue weighted by Gasteiger charge is 2.10. The van der Waals surface area contributed by atoms with Gasteiger partial charge in [0, 0.05) is 6.54 Å². The van der Waals surface area contributed by atoms with Gasteiger partial charge in [-0.25, -0.2) is 8.78 Å². The van der Waals surface area contributed by atoms with Crippen LogP contribution in [0.1, 0.15) is 18.4 Å². The quantitative estimate of drug-likeness (QED) is 0.761. The van der Waals surface area contributed by atoms with Crippen molar-refractivity contribution in [3.05, 3.63) is 35.4 Å². The van der Waals surface area contributed by atoms with Gasteiger partial charge in [-0.05, 0) is 36.7 Å². The third kappa shape index (κ3) is 2.49. The molecule has 0 saturated carbocycles. The highest BCUT2D eigenvalue weighted by atomic mass is 19.1. The molecule has 0 fully saturated rings. The molecule has 0 spiro atoms. The van der Waals surface area contributed by atoms with E-state index in [0.717, 1.165) is 12.1 Å². The zero-order valence-electron chi connectivity index (χ0n) is 7.77. The molecule has 1 unspecified atom stereocenters. The molecule has 1 aromatic carbocycles. The van der Waals surface area contributed by atoms with Gasteiger partial charge in [-0.2, -0.15) is 0 Å². The third-order valence-electron chi connectivity index (χ3n) is 2.00. The lowest BCUT2D eigenvalue weighted by molar-refractivity contribution is 0.559. The summed E-state index contributed by atoms with van der Waals surface area (Å²) in [4.78, 5) is 0. The van der Waals surface area contributed by atoms with Crippen LogP contribution in [0.3, 0.4) is 0 Å². The molecule has 3 heteroatoms. The Labute approximate surface area is 76.8 Å². The van der Waals surface area contributed by atoms with Crippen molar-refractivity contribution < 1.29 is 8.78 Å². The van der Waals surface area contributed by atoms with Crippen molar-refractivity contribution in [1.29, 1.82) is 0 Å². The lowest BCUT2D eigenvalue weighted by atomic mass is 10.0. The number of halogens is 2. The molecule has 0 radical (unpaired) electrons. The lowest BCUT2D eigenvalue weighted by Crippen LogP contribution is -2.15. The highest BCUT2D eigenvalue weighted by Crippen LogP contribution is 2.19. The Morgan fingerprint density at radius 1 is 1.38 bits per heavy atom. The molecule has 0 amide bonds. The minimum absolute atomic E-state index is 0.0132. The van der Waals surface area contributed by atoms with Crippen molar-refractivity contribution in [1.82, 2.24) is 5.32 Å². The second kappa shape index (κ2) is 4.33. The first-order valence-electron chi connectivity index (χ1n) is 4.24. The Balaban J connectivity index is 2.91. The summed E-state index contributed by atoms with van der Waals surface area (Å²) >= 11 is 0. The van der Waals surface area contributed by atoms with E-state index >= 15 is 0 Å². The summed E-state index contributed by atoms with van der Waals surface area (Å²) < 4.78 is 25.9. The van der Waals surface area contributed by atoms with Crippen LogP contribution in [-0.4, -0.2) is 13.6 Å². The van der Waals surface area contributed by atoms with Crippen LogP contribution >= 0.6 is 0 Å². The molecule has 1 nitrogen and oxygen atoms in total. The number of likely N-dealkylation sites (N-methyl/N-ethyl adjacent to an activating group) is 1. The molecule has 0 bridgehead atoms. The van der Waals surface area contributed by atoms with Gasteiger partial charge in [0.2, 0.25) is 0 Å². The fraction of sp³-hybridized carbons (Fsp3) is 0.400. The Bertz CT molecular complexity index is 286. The summed E-state index contributed by atoms with van der Waals surface area (Å²) in [6.07, 6.45) is 0. The Morgan fingerprint density at radius 3 is 2.69 bits per heavy atom. The van der Waals surface area contributed by atoms with Gasteiger partial charge in [-0.3, -0.25) is 0 Å². The molecule has 1 atom stereocenters. The SMILES string of the molecule is CNCC(C)c1cc(F)ccc1F. The summed E-state index contributed by atoms with van der Waals surface area (Å²) in [5.41, 5.74) is 0.425. The van der Waals surface area contributed by atoms with E-state index in [0.29, 0.717) is 12.1 Å². The average molecular weight is 185 g/mol. The summed E-state index contributed by atoms with van der Waals surface area (Å²) in [5.74, 6) is -0.746. The van der Waals surface area contributed by atoms with E-state index in [2.05, 4.69) is 5.32 Å². The lowest BCUT2D eigenvalue weighted by Gasteiger charge is -2.11. The predicted molar refractivity (Wildman–Crippen MR) is 48.7 cm³/mol. The smallest absolute Gasteiger partial charge is 0.126 e. The normalized spacial score (nSPS) is 12.9. The van der Waals surface area contributed by atoms with Crippen LogP contribution in [0.5, 0.6) is 0 Å². The van der Waals surface area contributed by atoms with Gasteiger partial charge < -0.3 is 5.32 Å². The molecular formula is C10H13F2N. The molecule has 0 aromatic heterocycles. The van der Waals surface area contributed by atoms with E-state index in [4.69, 9.17) is 0 Å². The zero-order chi connectivity index (χ0) is 9.84. The van der Waals surface area contributed by atoms with E-state index in [1.54, 1.807) is 7.05 Å². The molecule has 1 N–H and O–H groups in total. The Hall–Kier alpha value is -0.960. The van der Waals surface area contributed by atoms with Crippen molar-refractivity contribution in [3.8, 4) is 0 Å². The number of nitrogens with one attached hydrogen (secondary N) is 1. The van der Waals surface area contributed by atoms with Gasteiger partial charge in [-0.1, -0.05) is 6.92 Å². The van der Waals surface area contributed by atoms with E-state index in [9.17, 15) is 8.78 Å². The molecule has 0 aliphatic rings. The summed E-state index contributed by atoms with van der Waals surface area (Å²) in [5, 5.41) is 2.92. The van der Waals surface area contributed by atoms with Gasteiger partial charge in [0.25, 0.3) is 0 Å². The molecule has 0 saturated heterocycles. The third-order valence-corrected chi connectivity index (χ3v) is 2.00. The first-order valence-corrected chi connectivity index (χ1v) is 4.24. The van der Waals surface area contributed by atoms with Crippen LogP contribution < -0.4 is 5.32 Å². The Kier molecular flexibility index (Phi) is 3.37. The maximum Gasteiger partial charge on any atom is 0.126 e. The van der Waals surface area contributed by atoms with Crippen molar-refractivity contribution in [3.63, 3.8) is 0 Å². The number of hydrogen-bond donors (Lipinski definition) is 1. The monoisotopic (exact) mass is 185 g/mol. The maximum atomic E-state index is 13.1. The van der Waals surface area contributed by atoms with Gasteiger partial charge >= 0.3 is 0 Å². The summed E-state index contributed by atoms with van der Waals surface area (Å²) in [6, 6.07) is 3.54.